The van der Waals surface area contributed by atoms with Gasteiger partial charge in [-0.1, -0.05) is 30.3 Å². The summed E-state index contributed by atoms with van der Waals surface area (Å²) in [4.78, 5) is 31.7. The summed E-state index contributed by atoms with van der Waals surface area (Å²) in [5, 5.41) is 2.89. The summed E-state index contributed by atoms with van der Waals surface area (Å²) < 4.78 is 7.02. The number of benzene rings is 2. The van der Waals surface area contributed by atoms with Crippen LogP contribution in [-0.2, 0) is 11.3 Å². The molecule has 0 aliphatic carbocycles. The van der Waals surface area contributed by atoms with E-state index >= 15 is 0 Å². The quantitative estimate of drug-likeness (QED) is 0.532. The van der Waals surface area contributed by atoms with Crippen LogP contribution >= 0.6 is 0 Å². The minimum Gasteiger partial charge on any atom is -0.459 e. The van der Waals surface area contributed by atoms with Crippen molar-refractivity contribution in [1.29, 1.82) is 0 Å². The number of furan rings is 1. The van der Waals surface area contributed by atoms with Gasteiger partial charge in [-0.2, -0.15) is 0 Å². The van der Waals surface area contributed by atoms with E-state index < -0.39 is 6.04 Å². The molecule has 0 fully saturated rings. The van der Waals surface area contributed by atoms with Crippen LogP contribution in [0.5, 0.6) is 0 Å². The van der Waals surface area contributed by atoms with E-state index in [-0.39, 0.29) is 24.1 Å². The van der Waals surface area contributed by atoms with E-state index in [2.05, 4.69) is 10.3 Å². The Hall–Kier alpha value is -3.87. The molecule has 7 heteroatoms. The van der Waals surface area contributed by atoms with Gasteiger partial charge in [0.2, 0.25) is 5.91 Å². The smallest absolute Gasteiger partial charge is 0.287 e. The maximum atomic E-state index is 13.0. The van der Waals surface area contributed by atoms with E-state index in [4.69, 9.17) is 4.42 Å². The molecule has 2 aromatic heterocycles. The summed E-state index contributed by atoms with van der Waals surface area (Å²) in [6.45, 7) is 1.94. The van der Waals surface area contributed by atoms with Crippen molar-refractivity contribution >= 4 is 28.5 Å². The van der Waals surface area contributed by atoms with Gasteiger partial charge in [-0.3, -0.25) is 9.59 Å². The highest BCUT2D eigenvalue weighted by Crippen LogP contribution is 2.22. The van der Waals surface area contributed by atoms with Gasteiger partial charge in [-0.05, 0) is 43.3 Å². The predicted molar refractivity (Wildman–Crippen MR) is 114 cm³/mol. The minimum atomic E-state index is -0.426. The summed E-state index contributed by atoms with van der Waals surface area (Å²) in [6, 6.07) is 19.9. The summed E-state index contributed by atoms with van der Waals surface area (Å²) in [6.07, 6.45) is 1.45. The lowest BCUT2D eigenvalue weighted by atomic mass is 10.2. The molecule has 0 bridgehead atoms. The Morgan fingerprint density at radius 1 is 1.07 bits per heavy atom. The second-order valence-corrected chi connectivity index (χ2v) is 7.01. The number of para-hydroxylation sites is 3. The van der Waals surface area contributed by atoms with E-state index in [0.29, 0.717) is 5.82 Å². The largest absolute Gasteiger partial charge is 0.459 e. The second kappa shape index (κ2) is 8.24. The predicted octanol–water partition coefficient (Wildman–Crippen LogP) is 3.78. The molecule has 2 amide bonds. The van der Waals surface area contributed by atoms with Crippen molar-refractivity contribution in [3.63, 3.8) is 0 Å². The summed E-state index contributed by atoms with van der Waals surface area (Å²) >= 11 is 0. The fourth-order valence-corrected chi connectivity index (χ4v) is 3.37. The van der Waals surface area contributed by atoms with Crippen LogP contribution < -0.4 is 10.2 Å². The number of hydrogen-bond donors (Lipinski definition) is 1. The third kappa shape index (κ3) is 3.82. The van der Waals surface area contributed by atoms with Crippen LogP contribution in [0, 0.1) is 0 Å². The van der Waals surface area contributed by atoms with Gasteiger partial charge in [-0.15, -0.1) is 0 Å². The normalized spacial score (nSPS) is 11.9. The van der Waals surface area contributed by atoms with Gasteiger partial charge in [0.15, 0.2) is 5.76 Å². The molecule has 0 radical (unpaired) electrons. The first-order chi connectivity index (χ1) is 14.5. The number of likely N-dealkylation sites (N-methyl/N-ethyl adjacent to an activating group) is 1. The van der Waals surface area contributed by atoms with E-state index in [0.717, 1.165) is 16.7 Å². The zero-order valence-electron chi connectivity index (χ0n) is 16.8. The zero-order valence-corrected chi connectivity index (χ0v) is 16.8. The fraction of sp³-hybridized carbons (Fsp3) is 0.174. The fourth-order valence-electron chi connectivity index (χ4n) is 3.37. The van der Waals surface area contributed by atoms with Gasteiger partial charge in [0, 0.05) is 12.7 Å². The molecule has 2 heterocycles. The third-order valence-electron chi connectivity index (χ3n) is 4.97. The Labute approximate surface area is 173 Å². The van der Waals surface area contributed by atoms with Gasteiger partial charge in [0.1, 0.15) is 12.4 Å². The molecule has 0 aliphatic rings. The van der Waals surface area contributed by atoms with E-state index in [1.54, 1.807) is 24.1 Å². The molecule has 2 aromatic carbocycles. The van der Waals surface area contributed by atoms with Gasteiger partial charge >= 0.3 is 0 Å². The molecule has 1 atom stereocenters. The first-order valence-corrected chi connectivity index (χ1v) is 9.65. The molecule has 152 valence electrons. The minimum absolute atomic E-state index is 0.0878. The van der Waals surface area contributed by atoms with Crippen LogP contribution in [0.3, 0.4) is 0 Å². The number of rotatable bonds is 6. The topological polar surface area (TPSA) is 80.4 Å². The van der Waals surface area contributed by atoms with E-state index in [1.165, 1.54) is 6.26 Å². The Balaban J connectivity index is 1.63. The monoisotopic (exact) mass is 402 g/mol. The molecule has 7 nitrogen and oxygen atoms in total. The summed E-state index contributed by atoms with van der Waals surface area (Å²) in [7, 11) is 1.75. The van der Waals surface area contributed by atoms with Crippen molar-refractivity contribution in [3.05, 3.63) is 84.6 Å². The van der Waals surface area contributed by atoms with Crippen LogP contribution in [0.4, 0.5) is 5.69 Å². The highest BCUT2D eigenvalue weighted by Gasteiger charge is 2.22. The maximum Gasteiger partial charge on any atom is 0.287 e. The number of carbonyl (C=O) groups excluding carboxylic acids is 2. The SMILES string of the molecule is C[C@@H](NC(=O)c1ccco1)c1nc2ccccc2n1CC(=O)N(C)c1ccccc1. The maximum absolute atomic E-state index is 13.0. The Morgan fingerprint density at radius 3 is 2.53 bits per heavy atom. The van der Waals surface area contributed by atoms with Crippen LogP contribution in [0.25, 0.3) is 11.0 Å². The van der Waals surface area contributed by atoms with E-state index in [9.17, 15) is 9.59 Å². The standard InChI is InChI=1S/C23H22N4O3/c1-16(24-23(29)20-13-8-14-30-20)22-25-18-11-6-7-12-19(18)27(22)15-21(28)26(2)17-9-4-3-5-10-17/h3-14,16H,15H2,1-2H3,(H,24,29)/t16-/m1/s1. The van der Waals surface area contributed by atoms with Gasteiger partial charge < -0.3 is 19.2 Å². The number of fused-ring (bicyclic) bond motifs is 1. The van der Waals surface area contributed by atoms with Crippen LogP contribution in [0.1, 0.15) is 29.3 Å². The highest BCUT2D eigenvalue weighted by molar-refractivity contribution is 5.94. The Kier molecular flexibility index (Phi) is 5.34. The number of nitrogens with zero attached hydrogens (tertiary/aromatic N) is 3. The van der Waals surface area contributed by atoms with E-state index in [1.807, 2.05) is 66.1 Å². The van der Waals surface area contributed by atoms with Crippen LogP contribution in [0.2, 0.25) is 0 Å². The van der Waals surface area contributed by atoms with Crippen molar-refractivity contribution < 1.29 is 14.0 Å². The molecule has 0 saturated carbocycles. The molecular formula is C23H22N4O3. The number of amides is 2. The number of nitrogens with one attached hydrogen (secondary N) is 1. The molecule has 0 saturated heterocycles. The van der Waals surface area contributed by atoms with Gasteiger partial charge in [0.25, 0.3) is 5.91 Å². The molecular weight excluding hydrogens is 380 g/mol. The average Bonchev–Trinajstić information content (AvgIpc) is 3.43. The summed E-state index contributed by atoms with van der Waals surface area (Å²) in [5.74, 6) is 0.407. The number of hydrogen-bond acceptors (Lipinski definition) is 4. The Bertz CT molecular complexity index is 1170. The molecule has 4 rings (SSSR count). The number of carbonyl (C=O) groups is 2. The van der Waals surface area contributed by atoms with Crippen molar-refractivity contribution in [1.82, 2.24) is 14.9 Å². The molecule has 1 N–H and O–H groups in total. The molecule has 0 unspecified atom stereocenters. The number of anilines is 1. The lowest BCUT2D eigenvalue weighted by Gasteiger charge is -2.20. The van der Waals surface area contributed by atoms with Gasteiger partial charge in [-0.25, -0.2) is 4.98 Å². The van der Waals surface area contributed by atoms with Gasteiger partial charge in [0.05, 0.1) is 23.3 Å². The Morgan fingerprint density at radius 2 is 1.80 bits per heavy atom. The molecule has 0 spiro atoms. The number of imidazole rings is 1. The van der Waals surface area contributed by atoms with Crippen LogP contribution in [0.15, 0.2) is 77.4 Å². The molecule has 30 heavy (non-hydrogen) atoms. The first-order valence-electron chi connectivity index (χ1n) is 9.65. The molecule has 4 aromatic rings. The lowest BCUT2D eigenvalue weighted by Crippen LogP contribution is -2.33. The second-order valence-electron chi connectivity index (χ2n) is 7.01. The summed E-state index contributed by atoms with van der Waals surface area (Å²) in [5.41, 5.74) is 2.41. The average molecular weight is 402 g/mol. The van der Waals surface area contributed by atoms with Crippen molar-refractivity contribution in [2.45, 2.75) is 19.5 Å². The number of aromatic nitrogens is 2. The first kappa shape index (κ1) is 19.4. The third-order valence-corrected chi connectivity index (χ3v) is 4.97. The van der Waals surface area contributed by atoms with Crippen molar-refractivity contribution in [2.24, 2.45) is 0 Å². The van der Waals surface area contributed by atoms with Crippen molar-refractivity contribution in [3.8, 4) is 0 Å². The zero-order chi connectivity index (χ0) is 21.1. The van der Waals surface area contributed by atoms with Crippen LogP contribution in [-0.4, -0.2) is 28.4 Å². The lowest BCUT2D eigenvalue weighted by molar-refractivity contribution is -0.118. The van der Waals surface area contributed by atoms with Crippen molar-refractivity contribution in [2.75, 3.05) is 11.9 Å². The highest BCUT2D eigenvalue weighted by atomic mass is 16.3. The molecule has 0 aliphatic heterocycles.